The first-order valence-corrected chi connectivity index (χ1v) is 5.11. The van der Waals surface area contributed by atoms with Crippen LogP contribution in [0.1, 0.15) is 19.3 Å². The molecule has 1 amide bonds. The lowest BCUT2D eigenvalue weighted by molar-refractivity contribution is -0.129. The Bertz CT molecular complexity index is 189. The smallest absolute Gasteiger partial charge is 0.238 e. The number of amides is 1. The van der Waals surface area contributed by atoms with Gasteiger partial charge >= 0.3 is 0 Å². The van der Waals surface area contributed by atoms with Gasteiger partial charge in [-0.3, -0.25) is 9.80 Å². The summed E-state index contributed by atoms with van der Waals surface area (Å²) < 4.78 is 0. The number of carbonyl (C=O) groups excluding carboxylic acids is 1. The molecular formula is C9H17N3O. The summed E-state index contributed by atoms with van der Waals surface area (Å²) in [5.74, 6) is 1.03. The van der Waals surface area contributed by atoms with Gasteiger partial charge in [-0.05, 0) is 31.8 Å². The molecule has 4 nitrogen and oxygen atoms in total. The normalized spacial score (nSPS) is 28.8. The maximum absolute atomic E-state index is 11.2. The van der Waals surface area contributed by atoms with E-state index in [1.54, 1.807) is 5.01 Å². The van der Waals surface area contributed by atoms with Gasteiger partial charge in [-0.1, -0.05) is 0 Å². The van der Waals surface area contributed by atoms with Crippen LogP contribution in [0.4, 0.5) is 0 Å². The minimum Gasteiger partial charge on any atom is -0.316 e. The Morgan fingerprint density at radius 1 is 1.46 bits per heavy atom. The molecule has 2 saturated heterocycles. The van der Waals surface area contributed by atoms with Crippen molar-refractivity contribution in [2.24, 2.45) is 5.92 Å². The van der Waals surface area contributed by atoms with Gasteiger partial charge in [0.2, 0.25) is 5.91 Å². The van der Waals surface area contributed by atoms with Crippen molar-refractivity contribution >= 4 is 5.91 Å². The fourth-order valence-electron chi connectivity index (χ4n) is 2.00. The maximum Gasteiger partial charge on any atom is 0.238 e. The highest BCUT2D eigenvalue weighted by Gasteiger charge is 2.21. The van der Waals surface area contributed by atoms with Crippen LogP contribution < -0.4 is 10.7 Å². The average Bonchev–Trinajstić information content (AvgIpc) is 2.72. The van der Waals surface area contributed by atoms with Gasteiger partial charge in [-0.2, -0.15) is 0 Å². The summed E-state index contributed by atoms with van der Waals surface area (Å²) in [5.41, 5.74) is 3.09. The number of hydrogen-bond acceptors (Lipinski definition) is 3. The second-order valence-corrected chi connectivity index (χ2v) is 3.85. The molecule has 0 aromatic carbocycles. The van der Waals surface area contributed by atoms with E-state index in [9.17, 15) is 4.79 Å². The fourth-order valence-corrected chi connectivity index (χ4v) is 2.00. The van der Waals surface area contributed by atoms with Gasteiger partial charge in [0, 0.05) is 19.5 Å². The molecule has 2 N–H and O–H groups in total. The van der Waals surface area contributed by atoms with E-state index in [1.807, 2.05) is 0 Å². The summed E-state index contributed by atoms with van der Waals surface area (Å²) in [7, 11) is 0. The number of nitrogens with one attached hydrogen (secondary N) is 2. The zero-order valence-electron chi connectivity index (χ0n) is 7.88. The van der Waals surface area contributed by atoms with Gasteiger partial charge in [0.1, 0.15) is 0 Å². The third-order valence-electron chi connectivity index (χ3n) is 2.87. The predicted molar refractivity (Wildman–Crippen MR) is 49.9 cm³/mol. The standard InChI is InChI=1S/C9H17N3O/c13-9-2-5-11-12(9)6-3-8-1-4-10-7-8/h8,10-11H,1-7H2. The van der Waals surface area contributed by atoms with Crippen LogP contribution in [0.3, 0.4) is 0 Å². The van der Waals surface area contributed by atoms with Gasteiger partial charge < -0.3 is 5.32 Å². The van der Waals surface area contributed by atoms with Crippen LogP contribution in [0, 0.1) is 5.92 Å². The first-order valence-electron chi connectivity index (χ1n) is 5.11. The second kappa shape index (κ2) is 4.07. The van der Waals surface area contributed by atoms with Gasteiger partial charge in [0.05, 0.1) is 0 Å². The first-order chi connectivity index (χ1) is 6.36. The SMILES string of the molecule is O=C1CCNN1CCC1CCNC1. The number of carbonyl (C=O) groups is 1. The highest BCUT2D eigenvalue weighted by molar-refractivity contribution is 5.77. The van der Waals surface area contributed by atoms with Crippen LogP contribution in [0.2, 0.25) is 0 Å². The van der Waals surface area contributed by atoms with E-state index in [1.165, 1.54) is 6.42 Å². The van der Waals surface area contributed by atoms with Crippen LogP contribution in [-0.2, 0) is 4.79 Å². The molecule has 74 valence electrons. The van der Waals surface area contributed by atoms with E-state index in [0.717, 1.165) is 38.5 Å². The highest BCUT2D eigenvalue weighted by atomic mass is 16.2. The van der Waals surface area contributed by atoms with E-state index in [2.05, 4.69) is 10.7 Å². The number of nitrogens with zero attached hydrogens (tertiary/aromatic N) is 1. The Morgan fingerprint density at radius 3 is 3.00 bits per heavy atom. The molecule has 2 aliphatic rings. The predicted octanol–water partition coefficient (Wildman–Crippen LogP) is -0.277. The quantitative estimate of drug-likeness (QED) is 0.632. The number of hydrogen-bond donors (Lipinski definition) is 2. The topological polar surface area (TPSA) is 44.4 Å². The molecule has 4 heteroatoms. The molecule has 0 saturated carbocycles. The largest absolute Gasteiger partial charge is 0.316 e. The van der Waals surface area contributed by atoms with Crippen molar-refractivity contribution in [1.29, 1.82) is 0 Å². The first kappa shape index (κ1) is 8.97. The molecule has 0 aromatic heterocycles. The van der Waals surface area contributed by atoms with Gasteiger partial charge in [0.25, 0.3) is 0 Å². The van der Waals surface area contributed by atoms with Gasteiger partial charge in [0.15, 0.2) is 0 Å². The van der Waals surface area contributed by atoms with Crippen molar-refractivity contribution < 1.29 is 4.79 Å². The molecule has 0 aromatic rings. The van der Waals surface area contributed by atoms with Crippen LogP contribution in [0.5, 0.6) is 0 Å². The molecule has 0 aliphatic carbocycles. The Hall–Kier alpha value is -0.610. The molecule has 2 rings (SSSR count). The molecule has 0 bridgehead atoms. The average molecular weight is 183 g/mol. The zero-order chi connectivity index (χ0) is 9.10. The molecule has 13 heavy (non-hydrogen) atoms. The van der Waals surface area contributed by atoms with Crippen molar-refractivity contribution in [3.8, 4) is 0 Å². The van der Waals surface area contributed by atoms with Crippen molar-refractivity contribution in [2.45, 2.75) is 19.3 Å². The van der Waals surface area contributed by atoms with Crippen LogP contribution in [0.15, 0.2) is 0 Å². The lowest BCUT2D eigenvalue weighted by Crippen LogP contribution is -2.35. The summed E-state index contributed by atoms with van der Waals surface area (Å²) in [6, 6.07) is 0. The second-order valence-electron chi connectivity index (χ2n) is 3.85. The van der Waals surface area contributed by atoms with E-state index >= 15 is 0 Å². The summed E-state index contributed by atoms with van der Waals surface area (Å²) in [6.07, 6.45) is 3.07. The highest BCUT2D eigenvalue weighted by Crippen LogP contribution is 2.13. The van der Waals surface area contributed by atoms with Crippen molar-refractivity contribution in [3.05, 3.63) is 0 Å². The molecular weight excluding hydrogens is 166 g/mol. The van der Waals surface area contributed by atoms with E-state index < -0.39 is 0 Å². The number of rotatable bonds is 3. The van der Waals surface area contributed by atoms with Crippen molar-refractivity contribution in [3.63, 3.8) is 0 Å². The van der Waals surface area contributed by atoms with Crippen LogP contribution >= 0.6 is 0 Å². The third-order valence-corrected chi connectivity index (χ3v) is 2.87. The molecule has 1 unspecified atom stereocenters. The number of hydrazine groups is 1. The van der Waals surface area contributed by atoms with Crippen LogP contribution in [0.25, 0.3) is 0 Å². The molecule has 0 radical (unpaired) electrons. The molecule has 2 heterocycles. The summed E-state index contributed by atoms with van der Waals surface area (Å²) in [6.45, 7) is 3.97. The Morgan fingerprint density at radius 2 is 2.38 bits per heavy atom. The minimum atomic E-state index is 0.256. The van der Waals surface area contributed by atoms with E-state index in [-0.39, 0.29) is 5.91 Å². The minimum absolute atomic E-state index is 0.256. The van der Waals surface area contributed by atoms with Gasteiger partial charge in [-0.15, -0.1) is 0 Å². The van der Waals surface area contributed by atoms with Crippen molar-refractivity contribution in [1.82, 2.24) is 15.8 Å². The van der Waals surface area contributed by atoms with E-state index in [4.69, 9.17) is 0 Å². The van der Waals surface area contributed by atoms with Gasteiger partial charge in [-0.25, -0.2) is 5.43 Å². The summed E-state index contributed by atoms with van der Waals surface area (Å²) in [5, 5.41) is 5.11. The Labute approximate surface area is 78.6 Å². The zero-order valence-corrected chi connectivity index (χ0v) is 7.88. The molecule has 2 fully saturated rings. The lowest BCUT2D eigenvalue weighted by atomic mass is 10.1. The van der Waals surface area contributed by atoms with E-state index in [0.29, 0.717) is 6.42 Å². The molecule has 1 atom stereocenters. The van der Waals surface area contributed by atoms with Crippen molar-refractivity contribution in [2.75, 3.05) is 26.2 Å². The Kier molecular flexibility index (Phi) is 2.80. The lowest BCUT2D eigenvalue weighted by Gasteiger charge is -2.17. The maximum atomic E-state index is 11.2. The Balaban J connectivity index is 1.69. The molecule has 2 aliphatic heterocycles. The van der Waals surface area contributed by atoms with Crippen LogP contribution in [-0.4, -0.2) is 37.1 Å². The summed E-state index contributed by atoms with van der Waals surface area (Å²) in [4.78, 5) is 11.2. The molecule has 0 spiro atoms. The third kappa shape index (κ3) is 2.19. The fraction of sp³-hybridized carbons (Fsp3) is 0.889. The monoisotopic (exact) mass is 183 g/mol. The summed E-state index contributed by atoms with van der Waals surface area (Å²) >= 11 is 0.